The third-order valence-electron chi connectivity index (χ3n) is 4.33. The molecule has 2 rings (SSSR count). The topological polar surface area (TPSA) is 71.4 Å². The molecule has 0 saturated heterocycles. The number of hydrogen-bond donors (Lipinski definition) is 1. The first kappa shape index (κ1) is 15.6. The molecule has 1 aliphatic rings. The Balaban J connectivity index is 2.61. The zero-order valence-electron chi connectivity index (χ0n) is 12.5. The summed E-state index contributed by atoms with van der Waals surface area (Å²) in [5.74, 6) is -2.97. The van der Waals surface area contributed by atoms with E-state index in [0.717, 1.165) is 5.56 Å². The van der Waals surface area contributed by atoms with Gasteiger partial charge in [-0.25, -0.2) is 0 Å². The zero-order chi connectivity index (χ0) is 15.8. The van der Waals surface area contributed by atoms with Crippen LogP contribution in [0.5, 0.6) is 0 Å². The smallest absolute Gasteiger partial charge is 0.146 e. The summed E-state index contributed by atoms with van der Waals surface area (Å²) >= 11 is 0. The molecule has 21 heavy (non-hydrogen) atoms. The van der Waals surface area contributed by atoms with Crippen LogP contribution in [-0.4, -0.2) is 28.1 Å². The van der Waals surface area contributed by atoms with Gasteiger partial charge in [0.05, 0.1) is 17.4 Å². The molecule has 1 aliphatic carbocycles. The minimum atomic E-state index is -1.42. The maximum atomic E-state index is 12.3. The summed E-state index contributed by atoms with van der Waals surface area (Å²) in [4.78, 5) is 36.4. The lowest BCUT2D eigenvalue weighted by atomic mass is 9.60. The van der Waals surface area contributed by atoms with Crippen LogP contribution in [0.15, 0.2) is 30.3 Å². The monoisotopic (exact) mass is 288 g/mol. The van der Waals surface area contributed by atoms with E-state index >= 15 is 0 Å². The molecule has 0 spiro atoms. The number of rotatable bonds is 3. The summed E-state index contributed by atoms with van der Waals surface area (Å²) in [6.45, 7) is 4.28. The van der Waals surface area contributed by atoms with Gasteiger partial charge in [0.2, 0.25) is 0 Å². The highest BCUT2D eigenvalue weighted by Crippen LogP contribution is 2.46. The highest BCUT2D eigenvalue weighted by atomic mass is 16.3. The first-order chi connectivity index (χ1) is 9.75. The van der Waals surface area contributed by atoms with Gasteiger partial charge in [0.25, 0.3) is 0 Å². The molecule has 4 atom stereocenters. The number of aliphatic hydroxyl groups is 1. The van der Waals surface area contributed by atoms with E-state index in [1.54, 1.807) is 24.3 Å². The number of benzene rings is 1. The second-order valence-electron chi connectivity index (χ2n) is 6.11. The highest BCUT2D eigenvalue weighted by Gasteiger charge is 2.53. The Morgan fingerprint density at radius 1 is 1.14 bits per heavy atom. The van der Waals surface area contributed by atoms with E-state index in [2.05, 4.69) is 0 Å². The molecule has 0 amide bonds. The fourth-order valence-electron chi connectivity index (χ4n) is 3.58. The Hall–Kier alpha value is -1.81. The lowest BCUT2D eigenvalue weighted by Gasteiger charge is -2.44. The lowest BCUT2D eigenvalue weighted by molar-refractivity contribution is -0.151. The minimum Gasteiger partial charge on any atom is -0.389 e. The summed E-state index contributed by atoms with van der Waals surface area (Å²) in [7, 11) is 0. The van der Waals surface area contributed by atoms with Crippen LogP contribution in [0.4, 0.5) is 0 Å². The zero-order valence-corrected chi connectivity index (χ0v) is 12.5. The van der Waals surface area contributed by atoms with Crippen LogP contribution in [0, 0.1) is 11.8 Å². The molecule has 1 aromatic rings. The van der Waals surface area contributed by atoms with Crippen molar-refractivity contribution in [1.82, 2.24) is 0 Å². The van der Waals surface area contributed by atoms with Crippen LogP contribution >= 0.6 is 0 Å². The predicted molar refractivity (Wildman–Crippen MR) is 77.8 cm³/mol. The van der Waals surface area contributed by atoms with Crippen molar-refractivity contribution in [2.75, 3.05) is 0 Å². The van der Waals surface area contributed by atoms with Gasteiger partial charge in [-0.2, -0.15) is 0 Å². The Labute approximate surface area is 124 Å². The molecule has 1 saturated carbocycles. The van der Waals surface area contributed by atoms with Crippen LogP contribution in [-0.2, 0) is 14.4 Å². The molecule has 1 aromatic carbocycles. The maximum absolute atomic E-state index is 12.3. The summed E-state index contributed by atoms with van der Waals surface area (Å²) in [6, 6.07) is 9.03. The third-order valence-corrected chi connectivity index (χ3v) is 4.33. The summed E-state index contributed by atoms with van der Waals surface area (Å²) < 4.78 is 0. The Morgan fingerprint density at radius 3 is 2.19 bits per heavy atom. The van der Waals surface area contributed by atoms with Crippen molar-refractivity contribution in [2.45, 2.75) is 38.7 Å². The van der Waals surface area contributed by atoms with Crippen molar-refractivity contribution in [2.24, 2.45) is 11.8 Å². The lowest BCUT2D eigenvalue weighted by Crippen LogP contribution is -2.53. The maximum Gasteiger partial charge on any atom is 0.146 e. The van der Waals surface area contributed by atoms with Gasteiger partial charge in [0.15, 0.2) is 0 Å². The average molecular weight is 288 g/mol. The van der Waals surface area contributed by atoms with Crippen LogP contribution in [0.2, 0.25) is 0 Å². The van der Waals surface area contributed by atoms with Crippen molar-refractivity contribution in [3.05, 3.63) is 35.9 Å². The SMILES string of the molecule is CC(=O)[C@H]1C(=O)C[C@](C)(O)[C@@H](C(C)=O)[C@H]1c1ccccc1. The molecule has 0 radical (unpaired) electrons. The number of ketones is 3. The molecule has 0 aromatic heterocycles. The molecule has 0 unspecified atom stereocenters. The summed E-state index contributed by atoms with van der Waals surface area (Å²) in [6.07, 6.45) is -0.162. The molecule has 0 heterocycles. The van der Waals surface area contributed by atoms with Gasteiger partial charge in [-0.3, -0.25) is 14.4 Å². The first-order valence-corrected chi connectivity index (χ1v) is 7.06. The molecular weight excluding hydrogens is 268 g/mol. The van der Waals surface area contributed by atoms with Gasteiger partial charge in [-0.05, 0) is 26.3 Å². The van der Waals surface area contributed by atoms with Gasteiger partial charge in [0, 0.05) is 12.3 Å². The second-order valence-corrected chi connectivity index (χ2v) is 6.11. The van der Waals surface area contributed by atoms with E-state index in [0.29, 0.717) is 0 Å². The van der Waals surface area contributed by atoms with E-state index in [9.17, 15) is 19.5 Å². The Kier molecular flexibility index (Phi) is 4.10. The molecule has 112 valence electrons. The van der Waals surface area contributed by atoms with Gasteiger partial charge in [-0.1, -0.05) is 30.3 Å². The molecule has 0 aliphatic heterocycles. The Morgan fingerprint density at radius 2 is 1.71 bits per heavy atom. The van der Waals surface area contributed by atoms with Crippen LogP contribution in [0.25, 0.3) is 0 Å². The standard InChI is InChI=1S/C17H20O4/c1-10(18)14-13(20)9-17(3,21)16(11(2)19)15(14)12-7-5-4-6-8-12/h4-8,14-16,21H,9H2,1-3H3/t14-,15-,16-,17-/m0/s1. The van der Waals surface area contributed by atoms with Crippen molar-refractivity contribution >= 4 is 17.3 Å². The van der Waals surface area contributed by atoms with E-state index in [4.69, 9.17) is 0 Å². The number of carbonyl (C=O) groups excluding carboxylic acids is 3. The van der Waals surface area contributed by atoms with E-state index in [1.807, 2.05) is 6.07 Å². The molecule has 1 fully saturated rings. The quantitative estimate of drug-likeness (QED) is 0.862. The van der Waals surface area contributed by atoms with Crippen LogP contribution in [0.1, 0.15) is 38.7 Å². The molecule has 0 bridgehead atoms. The van der Waals surface area contributed by atoms with E-state index in [-0.39, 0.29) is 23.8 Å². The van der Waals surface area contributed by atoms with Crippen molar-refractivity contribution in [3.63, 3.8) is 0 Å². The van der Waals surface area contributed by atoms with Gasteiger partial charge in [0.1, 0.15) is 17.3 Å². The van der Waals surface area contributed by atoms with Crippen LogP contribution < -0.4 is 0 Å². The van der Waals surface area contributed by atoms with Crippen molar-refractivity contribution < 1.29 is 19.5 Å². The highest BCUT2D eigenvalue weighted by molar-refractivity contribution is 6.05. The number of Topliss-reactive ketones (excluding diaryl/α,β-unsaturated/α-hetero) is 3. The molecule has 1 N–H and O–H groups in total. The normalized spacial score (nSPS) is 32.8. The Bertz CT molecular complexity index is 574. The number of hydrogen-bond acceptors (Lipinski definition) is 4. The van der Waals surface area contributed by atoms with Gasteiger partial charge >= 0.3 is 0 Å². The average Bonchev–Trinajstić information content (AvgIpc) is 2.36. The number of carbonyl (C=O) groups is 3. The van der Waals surface area contributed by atoms with Gasteiger partial charge in [-0.15, -0.1) is 0 Å². The predicted octanol–water partition coefficient (Wildman–Crippen LogP) is 1.90. The second kappa shape index (κ2) is 5.53. The third kappa shape index (κ3) is 2.81. The molecule has 4 nitrogen and oxygen atoms in total. The van der Waals surface area contributed by atoms with Crippen molar-refractivity contribution in [1.29, 1.82) is 0 Å². The first-order valence-electron chi connectivity index (χ1n) is 7.06. The largest absolute Gasteiger partial charge is 0.389 e. The fourth-order valence-corrected chi connectivity index (χ4v) is 3.58. The van der Waals surface area contributed by atoms with E-state index in [1.165, 1.54) is 20.8 Å². The summed E-state index contributed by atoms with van der Waals surface area (Å²) in [5.41, 5.74) is -0.679. The van der Waals surface area contributed by atoms with Crippen molar-refractivity contribution in [3.8, 4) is 0 Å². The van der Waals surface area contributed by atoms with Crippen LogP contribution in [0.3, 0.4) is 0 Å². The van der Waals surface area contributed by atoms with E-state index < -0.39 is 23.4 Å². The fraction of sp³-hybridized carbons (Fsp3) is 0.471. The minimum absolute atomic E-state index is 0.162. The molecular formula is C17H20O4. The summed E-state index contributed by atoms with van der Waals surface area (Å²) in [5, 5.41) is 10.6. The molecule has 4 heteroatoms. The van der Waals surface area contributed by atoms with Gasteiger partial charge < -0.3 is 5.11 Å².